The Morgan fingerprint density at radius 2 is 1.63 bits per heavy atom. The SMILES string of the molecule is CC(C)NCC(C)NCCC(C)(C)c1ccccc1. The molecule has 108 valence electrons. The van der Waals surface area contributed by atoms with Crippen LogP contribution >= 0.6 is 0 Å². The first-order chi connectivity index (χ1) is 8.92. The molecule has 0 amide bonds. The Hall–Kier alpha value is -0.860. The Labute approximate surface area is 119 Å². The zero-order chi connectivity index (χ0) is 14.3. The third-order valence-electron chi connectivity index (χ3n) is 3.63. The summed E-state index contributed by atoms with van der Waals surface area (Å²) >= 11 is 0. The van der Waals surface area contributed by atoms with Gasteiger partial charge in [-0.2, -0.15) is 0 Å². The molecular formula is C17H30N2. The number of nitrogens with one attached hydrogen (secondary N) is 2. The van der Waals surface area contributed by atoms with Crippen molar-refractivity contribution in [2.75, 3.05) is 13.1 Å². The molecule has 2 N–H and O–H groups in total. The second-order valence-electron chi connectivity index (χ2n) is 6.42. The lowest BCUT2D eigenvalue weighted by Crippen LogP contribution is -2.40. The van der Waals surface area contributed by atoms with Gasteiger partial charge >= 0.3 is 0 Å². The molecule has 1 unspecified atom stereocenters. The van der Waals surface area contributed by atoms with Gasteiger partial charge in [-0.3, -0.25) is 0 Å². The lowest BCUT2D eigenvalue weighted by molar-refractivity contribution is 0.417. The van der Waals surface area contributed by atoms with Crippen LogP contribution in [0.15, 0.2) is 30.3 Å². The van der Waals surface area contributed by atoms with Crippen LogP contribution in [0.4, 0.5) is 0 Å². The minimum absolute atomic E-state index is 0.236. The molecule has 0 bridgehead atoms. The van der Waals surface area contributed by atoms with Gasteiger partial charge in [0.1, 0.15) is 0 Å². The molecule has 0 radical (unpaired) electrons. The van der Waals surface area contributed by atoms with Crippen molar-refractivity contribution in [3.63, 3.8) is 0 Å². The third-order valence-corrected chi connectivity index (χ3v) is 3.63. The third kappa shape index (κ3) is 6.22. The Balaban J connectivity index is 2.32. The van der Waals surface area contributed by atoms with E-state index in [0.29, 0.717) is 12.1 Å². The topological polar surface area (TPSA) is 24.1 Å². The Kier molecular flexibility index (Phi) is 6.53. The largest absolute Gasteiger partial charge is 0.313 e. The van der Waals surface area contributed by atoms with E-state index in [1.54, 1.807) is 0 Å². The molecule has 2 nitrogen and oxygen atoms in total. The van der Waals surface area contributed by atoms with E-state index in [0.717, 1.165) is 19.5 Å². The normalized spacial score (nSPS) is 13.8. The van der Waals surface area contributed by atoms with Gasteiger partial charge in [0.05, 0.1) is 0 Å². The molecule has 0 fully saturated rings. The lowest BCUT2D eigenvalue weighted by atomic mass is 9.81. The average molecular weight is 262 g/mol. The highest BCUT2D eigenvalue weighted by Crippen LogP contribution is 2.25. The first-order valence-corrected chi connectivity index (χ1v) is 7.44. The number of benzene rings is 1. The highest BCUT2D eigenvalue weighted by Gasteiger charge is 2.19. The summed E-state index contributed by atoms with van der Waals surface area (Å²) in [5, 5.41) is 7.06. The molecule has 0 aliphatic heterocycles. The molecule has 0 aliphatic carbocycles. The fourth-order valence-electron chi connectivity index (χ4n) is 2.15. The van der Waals surface area contributed by atoms with Crippen molar-refractivity contribution < 1.29 is 0 Å². The molecule has 0 saturated heterocycles. The van der Waals surface area contributed by atoms with Gasteiger partial charge in [-0.25, -0.2) is 0 Å². The fourth-order valence-corrected chi connectivity index (χ4v) is 2.15. The van der Waals surface area contributed by atoms with Gasteiger partial charge in [-0.1, -0.05) is 58.0 Å². The van der Waals surface area contributed by atoms with Crippen molar-refractivity contribution in [3.8, 4) is 0 Å². The number of rotatable bonds is 8. The van der Waals surface area contributed by atoms with E-state index in [4.69, 9.17) is 0 Å². The van der Waals surface area contributed by atoms with Crippen LogP contribution in [0, 0.1) is 0 Å². The molecule has 0 heterocycles. The van der Waals surface area contributed by atoms with Crippen molar-refractivity contribution >= 4 is 0 Å². The number of hydrogen-bond donors (Lipinski definition) is 2. The van der Waals surface area contributed by atoms with Crippen LogP contribution in [-0.4, -0.2) is 25.2 Å². The zero-order valence-corrected chi connectivity index (χ0v) is 13.2. The van der Waals surface area contributed by atoms with Crippen molar-refractivity contribution in [2.45, 2.75) is 58.5 Å². The minimum Gasteiger partial charge on any atom is -0.313 e. The first kappa shape index (κ1) is 16.2. The fraction of sp³-hybridized carbons (Fsp3) is 0.647. The second-order valence-corrected chi connectivity index (χ2v) is 6.42. The van der Waals surface area contributed by atoms with E-state index in [1.807, 2.05) is 0 Å². The first-order valence-electron chi connectivity index (χ1n) is 7.44. The maximum Gasteiger partial charge on any atom is 0.0164 e. The summed E-state index contributed by atoms with van der Waals surface area (Å²) in [6, 6.07) is 11.9. The maximum absolute atomic E-state index is 3.60. The van der Waals surface area contributed by atoms with Crippen molar-refractivity contribution in [2.24, 2.45) is 0 Å². The van der Waals surface area contributed by atoms with E-state index in [-0.39, 0.29) is 5.41 Å². The van der Waals surface area contributed by atoms with Gasteiger partial charge in [0.15, 0.2) is 0 Å². The van der Waals surface area contributed by atoms with Crippen LogP contribution in [-0.2, 0) is 5.41 Å². The zero-order valence-electron chi connectivity index (χ0n) is 13.2. The molecule has 1 aromatic rings. The van der Waals surface area contributed by atoms with Crippen LogP contribution in [0.3, 0.4) is 0 Å². The summed E-state index contributed by atoms with van der Waals surface area (Å²) in [6.07, 6.45) is 1.16. The Morgan fingerprint density at radius 3 is 2.21 bits per heavy atom. The maximum atomic E-state index is 3.60. The summed E-state index contributed by atoms with van der Waals surface area (Å²) in [5.41, 5.74) is 1.66. The van der Waals surface area contributed by atoms with Crippen LogP contribution in [0.25, 0.3) is 0 Å². The predicted molar refractivity (Wildman–Crippen MR) is 84.7 cm³/mol. The molecule has 1 rings (SSSR count). The molecule has 1 aromatic carbocycles. The van der Waals surface area contributed by atoms with E-state index in [9.17, 15) is 0 Å². The smallest absolute Gasteiger partial charge is 0.0164 e. The molecule has 0 aliphatic rings. The van der Waals surface area contributed by atoms with E-state index in [2.05, 4.69) is 75.6 Å². The van der Waals surface area contributed by atoms with Gasteiger partial charge in [0, 0.05) is 18.6 Å². The van der Waals surface area contributed by atoms with Crippen molar-refractivity contribution in [3.05, 3.63) is 35.9 Å². The summed E-state index contributed by atoms with van der Waals surface area (Å²) in [4.78, 5) is 0. The summed E-state index contributed by atoms with van der Waals surface area (Å²) in [5.74, 6) is 0. The summed E-state index contributed by atoms with van der Waals surface area (Å²) in [6.45, 7) is 13.3. The Bertz CT molecular complexity index is 344. The number of hydrogen-bond acceptors (Lipinski definition) is 2. The van der Waals surface area contributed by atoms with Gasteiger partial charge in [0.2, 0.25) is 0 Å². The Morgan fingerprint density at radius 1 is 1.00 bits per heavy atom. The molecule has 0 saturated carbocycles. The van der Waals surface area contributed by atoms with Crippen LogP contribution in [0.2, 0.25) is 0 Å². The quantitative estimate of drug-likeness (QED) is 0.751. The van der Waals surface area contributed by atoms with Crippen molar-refractivity contribution in [1.29, 1.82) is 0 Å². The van der Waals surface area contributed by atoms with Gasteiger partial charge in [0.25, 0.3) is 0 Å². The van der Waals surface area contributed by atoms with Gasteiger partial charge in [-0.15, -0.1) is 0 Å². The van der Waals surface area contributed by atoms with E-state index < -0.39 is 0 Å². The van der Waals surface area contributed by atoms with E-state index >= 15 is 0 Å². The predicted octanol–water partition coefficient (Wildman–Crippen LogP) is 3.33. The van der Waals surface area contributed by atoms with Gasteiger partial charge < -0.3 is 10.6 Å². The van der Waals surface area contributed by atoms with Crippen LogP contribution < -0.4 is 10.6 Å². The highest BCUT2D eigenvalue weighted by atomic mass is 15.0. The van der Waals surface area contributed by atoms with Crippen LogP contribution in [0.1, 0.15) is 46.6 Å². The summed E-state index contributed by atoms with van der Waals surface area (Å²) in [7, 11) is 0. The molecule has 0 aromatic heterocycles. The van der Waals surface area contributed by atoms with E-state index in [1.165, 1.54) is 5.56 Å². The molecular weight excluding hydrogens is 232 g/mol. The van der Waals surface area contributed by atoms with Crippen molar-refractivity contribution in [1.82, 2.24) is 10.6 Å². The molecule has 19 heavy (non-hydrogen) atoms. The molecule has 0 spiro atoms. The monoisotopic (exact) mass is 262 g/mol. The second kappa shape index (κ2) is 7.66. The summed E-state index contributed by atoms with van der Waals surface area (Å²) < 4.78 is 0. The highest BCUT2D eigenvalue weighted by molar-refractivity contribution is 5.23. The molecule has 2 heteroatoms. The van der Waals surface area contributed by atoms with Crippen LogP contribution in [0.5, 0.6) is 0 Å². The van der Waals surface area contributed by atoms with Gasteiger partial charge in [-0.05, 0) is 30.9 Å². The minimum atomic E-state index is 0.236. The standard InChI is InChI=1S/C17H30N2/c1-14(2)19-13-15(3)18-12-11-17(4,5)16-9-7-6-8-10-16/h6-10,14-15,18-19H,11-13H2,1-5H3. The molecule has 1 atom stereocenters. The lowest BCUT2D eigenvalue weighted by Gasteiger charge is -2.26. The average Bonchev–Trinajstić information content (AvgIpc) is 2.37.